The Morgan fingerprint density at radius 2 is 1.86 bits per heavy atom. The summed E-state index contributed by atoms with van der Waals surface area (Å²) in [6, 6.07) is 11.9. The molecule has 2 aliphatic heterocycles. The molecule has 2 fully saturated rings. The molecule has 0 radical (unpaired) electrons. The first-order valence-electron chi connectivity index (χ1n) is 12.5. The molecule has 186 valence electrons. The van der Waals surface area contributed by atoms with Gasteiger partial charge in [-0.25, -0.2) is 4.98 Å². The van der Waals surface area contributed by atoms with E-state index in [2.05, 4.69) is 17.2 Å². The number of hydrogen-bond acceptors (Lipinski definition) is 6. The molecular formula is C27H35N5O3. The van der Waals surface area contributed by atoms with Gasteiger partial charge in [-0.2, -0.15) is 0 Å². The highest BCUT2D eigenvalue weighted by Gasteiger charge is 2.44. The number of ketones is 1. The highest BCUT2D eigenvalue weighted by atomic mass is 16.2. The minimum Gasteiger partial charge on any atom is -0.384 e. The van der Waals surface area contributed by atoms with Crippen molar-refractivity contribution in [2.24, 2.45) is 5.92 Å². The Labute approximate surface area is 206 Å². The Balaban J connectivity index is 1.44. The van der Waals surface area contributed by atoms with Gasteiger partial charge in [-0.15, -0.1) is 0 Å². The summed E-state index contributed by atoms with van der Waals surface area (Å²) in [5.74, 6) is 0.466. The van der Waals surface area contributed by atoms with Crippen molar-refractivity contribution in [1.29, 1.82) is 0 Å². The number of anilines is 1. The average Bonchev–Trinajstić information content (AvgIpc) is 3.51. The number of nitrogens with zero attached hydrogens (tertiary/aromatic N) is 3. The van der Waals surface area contributed by atoms with E-state index >= 15 is 0 Å². The summed E-state index contributed by atoms with van der Waals surface area (Å²) in [6.07, 6.45) is 3.17. The number of nitrogen functional groups attached to an aromatic ring is 1. The van der Waals surface area contributed by atoms with E-state index in [0.717, 1.165) is 30.5 Å². The van der Waals surface area contributed by atoms with Crippen LogP contribution in [0.1, 0.15) is 54.2 Å². The number of pyridine rings is 1. The van der Waals surface area contributed by atoms with Crippen molar-refractivity contribution in [3.05, 3.63) is 59.3 Å². The van der Waals surface area contributed by atoms with E-state index in [1.54, 1.807) is 11.0 Å². The third-order valence-electron chi connectivity index (χ3n) is 7.36. The standard InChI is InChI=1S/C27H35N5O3/c1-3-19-13-15-31(17-23(33)20-8-5-4-6-9-20)25(19)27(35)32-14-7-10-22(32)26(34)29-16-21-11-12-24(28)30-18(21)2/h4-6,8-9,11-12,19,22,25H,3,7,10,13-17H2,1-2H3,(H2,28,30)(H,29,34)/t19-,22+,25-/m1/s1. The van der Waals surface area contributed by atoms with E-state index in [1.807, 2.05) is 48.2 Å². The zero-order valence-electron chi connectivity index (χ0n) is 20.6. The highest BCUT2D eigenvalue weighted by molar-refractivity contribution is 5.98. The maximum absolute atomic E-state index is 13.8. The molecule has 2 aromatic rings. The minimum absolute atomic E-state index is 0.0170. The van der Waals surface area contributed by atoms with Crippen LogP contribution in [-0.2, 0) is 16.1 Å². The Bertz CT molecular complexity index is 1070. The first-order chi connectivity index (χ1) is 16.9. The molecule has 0 spiro atoms. The quantitative estimate of drug-likeness (QED) is 0.566. The molecule has 1 aromatic carbocycles. The number of nitrogens with one attached hydrogen (secondary N) is 1. The SMILES string of the molecule is CC[C@@H]1CCN(CC(=O)c2ccccc2)[C@H]1C(=O)N1CCC[C@H]1C(=O)NCc1ccc(N)nc1C. The van der Waals surface area contributed by atoms with Gasteiger partial charge in [0.2, 0.25) is 11.8 Å². The second-order valence-electron chi connectivity index (χ2n) is 9.55. The number of rotatable bonds is 8. The monoisotopic (exact) mass is 477 g/mol. The summed E-state index contributed by atoms with van der Waals surface area (Å²) in [7, 11) is 0. The average molecular weight is 478 g/mol. The number of likely N-dealkylation sites (tertiary alicyclic amines) is 2. The van der Waals surface area contributed by atoms with Crippen LogP contribution in [0.5, 0.6) is 0 Å². The third kappa shape index (κ3) is 5.53. The zero-order valence-corrected chi connectivity index (χ0v) is 20.6. The maximum Gasteiger partial charge on any atom is 0.243 e. The second-order valence-corrected chi connectivity index (χ2v) is 9.55. The van der Waals surface area contributed by atoms with Crippen molar-refractivity contribution >= 4 is 23.4 Å². The van der Waals surface area contributed by atoms with Crippen molar-refractivity contribution in [3.8, 4) is 0 Å². The van der Waals surface area contributed by atoms with Gasteiger partial charge >= 0.3 is 0 Å². The molecule has 3 heterocycles. The molecule has 8 heteroatoms. The lowest BCUT2D eigenvalue weighted by Gasteiger charge is -2.33. The molecule has 3 N–H and O–H groups in total. The fourth-order valence-corrected chi connectivity index (χ4v) is 5.36. The number of amides is 2. The lowest BCUT2D eigenvalue weighted by molar-refractivity contribution is -0.142. The smallest absolute Gasteiger partial charge is 0.243 e. The summed E-state index contributed by atoms with van der Waals surface area (Å²) in [5.41, 5.74) is 8.06. The lowest BCUT2D eigenvalue weighted by Crippen LogP contribution is -2.54. The van der Waals surface area contributed by atoms with E-state index < -0.39 is 6.04 Å². The van der Waals surface area contributed by atoms with E-state index in [9.17, 15) is 14.4 Å². The molecule has 0 aliphatic carbocycles. The van der Waals surface area contributed by atoms with Gasteiger partial charge in [0.15, 0.2) is 5.78 Å². The van der Waals surface area contributed by atoms with Crippen LogP contribution in [0.15, 0.2) is 42.5 Å². The molecule has 4 rings (SSSR count). The van der Waals surface area contributed by atoms with Gasteiger partial charge in [0.1, 0.15) is 11.9 Å². The first kappa shape index (κ1) is 24.9. The third-order valence-corrected chi connectivity index (χ3v) is 7.36. The van der Waals surface area contributed by atoms with Gasteiger partial charge < -0.3 is 16.0 Å². The van der Waals surface area contributed by atoms with Crippen molar-refractivity contribution in [2.75, 3.05) is 25.4 Å². The van der Waals surface area contributed by atoms with Gasteiger partial charge in [-0.05, 0) is 50.3 Å². The minimum atomic E-state index is -0.491. The topological polar surface area (TPSA) is 109 Å². The van der Waals surface area contributed by atoms with E-state index in [1.165, 1.54) is 0 Å². The number of carbonyl (C=O) groups excluding carboxylic acids is 3. The van der Waals surface area contributed by atoms with Crippen LogP contribution >= 0.6 is 0 Å². The molecule has 35 heavy (non-hydrogen) atoms. The molecule has 2 saturated heterocycles. The summed E-state index contributed by atoms with van der Waals surface area (Å²) >= 11 is 0. The summed E-state index contributed by atoms with van der Waals surface area (Å²) in [6.45, 7) is 5.78. The van der Waals surface area contributed by atoms with Crippen molar-refractivity contribution in [3.63, 3.8) is 0 Å². The zero-order chi connectivity index (χ0) is 24.9. The summed E-state index contributed by atoms with van der Waals surface area (Å²) in [4.78, 5) is 47.8. The molecule has 0 saturated carbocycles. The fraction of sp³-hybridized carbons (Fsp3) is 0.481. The highest BCUT2D eigenvalue weighted by Crippen LogP contribution is 2.31. The van der Waals surface area contributed by atoms with Crippen molar-refractivity contribution in [2.45, 2.75) is 58.2 Å². The van der Waals surface area contributed by atoms with Crippen LogP contribution in [0.2, 0.25) is 0 Å². The van der Waals surface area contributed by atoms with Crippen LogP contribution in [0.25, 0.3) is 0 Å². The Morgan fingerprint density at radius 3 is 2.57 bits per heavy atom. The number of aryl methyl sites for hydroxylation is 1. The van der Waals surface area contributed by atoms with Crippen LogP contribution in [0.3, 0.4) is 0 Å². The molecule has 0 bridgehead atoms. The predicted molar refractivity (Wildman–Crippen MR) is 134 cm³/mol. The molecule has 3 atom stereocenters. The van der Waals surface area contributed by atoms with Crippen LogP contribution < -0.4 is 11.1 Å². The molecule has 1 aromatic heterocycles. The number of aromatic nitrogens is 1. The number of Topliss-reactive ketones (excluding diaryl/α,β-unsaturated/α-hetero) is 1. The molecule has 2 aliphatic rings. The summed E-state index contributed by atoms with van der Waals surface area (Å²) < 4.78 is 0. The van der Waals surface area contributed by atoms with Crippen molar-refractivity contribution in [1.82, 2.24) is 20.1 Å². The maximum atomic E-state index is 13.8. The fourth-order valence-electron chi connectivity index (χ4n) is 5.36. The largest absolute Gasteiger partial charge is 0.384 e. The Kier molecular flexibility index (Phi) is 7.80. The van der Waals surface area contributed by atoms with E-state index in [4.69, 9.17) is 5.73 Å². The van der Waals surface area contributed by atoms with Gasteiger partial charge in [0, 0.05) is 24.3 Å². The van der Waals surface area contributed by atoms with Crippen LogP contribution in [0, 0.1) is 12.8 Å². The normalized spacial score (nSPS) is 22.3. The number of hydrogen-bond donors (Lipinski definition) is 2. The van der Waals surface area contributed by atoms with Gasteiger partial charge in [0.05, 0.1) is 12.6 Å². The van der Waals surface area contributed by atoms with Crippen LogP contribution in [0.4, 0.5) is 5.82 Å². The lowest BCUT2D eigenvalue weighted by atomic mass is 9.95. The number of nitrogens with two attached hydrogens (primary N) is 1. The molecule has 8 nitrogen and oxygen atoms in total. The molecular weight excluding hydrogens is 442 g/mol. The van der Waals surface area contributed by atoms with E-state index in [-0.39, 0.29) is 36.1 Å². The summed E-state index contributed by atoms with van der Waals surface area (Å²) in [5, 5.41) is 2.99. The first-order valence-corrected chi connectivity index (χ1v) is 12.5. The molecule has 2 amide bonds. The predicted octanol–water partition coefficient (Wildman–Crippen LogP) is 2.56. The van der Waals surface area contributed by atoms with Gasteiger partial charge in [-0.1, -0.05) is 49.7 Å². The van der Waals surface area contributed by atoms with Gasteiger partial charge in [-0.3, -0.25) is 19.3 Å². The van der Waals surface area contributed by atoms with Crippen molar-refractivity contribution < 1.29 is 14.4 Å². The van der Waals surface area contributed by atoms with Crippen LogP contribution in [-0.4, -0.2) is 64.1 Å². The molecule has 0 unspecified atom stereocenters. The second kappa shape index (κ2) is 11.0. The van der Waals surface area contributed by atoms with Gasteiger partial charge in [0.25, 0.3) is 0 Å². The number of benzene rings is 1. The Hall–Kier alpha value is -3.26. The number of carbonyl (C=O) groups is 3. The Morgan fingerprint density at radius 1 is 1.09 bits per heavy atom. The van der Waals surface area contributed by atoms with E-state index in [0.29, 0.717) is 37.4 Å².